The number of benzene rings is 4. The molecule has 36 heavy (non-hydrogen) atoms. The quantitative estimate of drug-likeness (QED) is 0.320. The maximum absolute atomic E-state index is 14.5. The van der Waals surface area contributed by atoms with E-state index in [1.54, 1.807) is 78.9 Å². The molecular formula is C29H27NO4S2. The molecule has 0 aliphatic heterocycles. The van der Waals surface area contributed by atoms with Crippen LogP contribution in [0.25, 0.3) is 6.08 Å². The summed E-state index contributed by atoms with van der Waals surface area (Å²) in [4.78, 5) is 0.169. The summed E-state index contributed by atoms with van der Waals surface area (Å²) in [5.41, 5.74) is 0.435. The van der Waals surface area contributed by atoms with Gasteiger partial charge in [-0.25, -0.2) is 4.21 Å². The smallest absolute Gasteiger partial charge is 0.290 e. The Labute approximate surface area is 213 Å². The summed E-state index contributed by atoms with van der Waals surface area (Å²) in [6, 6.07) is 32.6. The van der Waals surface area contributed by atoms with Crippen LogP contribution in [0.15, 0.2) is 135 Å². The molecule has 4 aromatic carbocycles. The van der Waals surface area contributed by atoms with E-state index in [0.29, 0.717) is 5.56 Å². The van der Waals surface area contributed by atoms with Crippen LogP contribution in [0, 0.1) is 6.92 Å². The first-order chi connectivity index (χ1) is 17.2. The molecule has 0 spiro atoms. The molecule has 0 saturated carbocycles. The lowest BCUT2D eigenvalue weighted by Gasteiger charge is -2.27. The number of hydrogen-bond donors (Lipinski definition) is 1. The van der Waals surface area contributed by atoms with E-state index in [9.17, 15) is 17.7 Å². The molecule has 7 heteroatoms. The largest absolute Gasteiger partial charge is 0.380 e. The number of aliphatic hydroxyl groups is 1. The van der Waals surface area contributed by atoms with Crippen LogP contribution in [0.5, 0.6) is 0 Å². The van der Waals surface area contributed by atoms with Crippen molar-refractivity contribution in [3.05, 3.63) is 138 Å². The van der Waals surface area contributed by atoms with E-state index in [4.69, 9.17) is 0 Å². The van der Waals surface area contributed by atoms with Gasteiger partial charge in [-0.3, -0.25) is 0 Å². The van der Waals surface area contributed by atoms with Crippen molar-refractivity contribution in [2.24, 2.45) is 3.77 Å². The van der Waals surface area contributed by atoms with Gasteiger partial charge in [-0.1, -0.05) is 103 Å². The van der Waals surface area contributed by atoms with Gasteiger partial charge in [-0.05, 0) is 48.4 Å². The van der Waals surface area contributed by atoms with Gasteiger partial charge >= 0.3 is 0 Å². The molecule has 5 nitrogen and oxygen atoms in total. The Morgan fingerprint density at radius 2 is 1.25 bits per heavy atom. The highest BCUT2D eigenvalue weighted by molar-refractivity contribution is 8.03. The van der Waals surface area contributed by atoms with Crippen molar-refractivity contribution in [2.45, 2.75) is 22.3 Å². The van der Waals surface area contributed by atoms with Crippen LogP contribution in [-0.2, 0) is 25.4 Å². The van der Waals surface area contributed by atoms with Gasteiger partial charge < -0.3 is 5.11 Å². The summed E-state index contributed by atoms with van der Waals surface area (Å²) in [5, 5.41) is 11.9. The van der Waals surface area contributed by atoms with E-state index in [2.05, 4.69) is 3.77 Å². The van der Waals surface area contributed by atoms with Crippen LogP contribution in [0.1, 0.15) is 16.7 Å². The number of nitrogens with zero attached hydrogens (tertiary/aromatic N) is 1. The van der Waals surface area contributed by atoms with E-state index in [1.165, 1.54) is 12.1 Å². The highest BCUT2D eigenvalue weighted by atomic mass is 32.3. The Hall–Kier alpha value is -3.52. The van der Waals surface area contributed by atoms with Crippen molar-refractivity contribution < 1.29 is 17.7 Å². The lowest BCUT2D eigenvalue weighted by atomic mass is 9.94. The molecule has 0 bridgehead atoms. The van der Waals surface area contributed by atoms with Gasteiger partial charge in [0.05, 0.1) is 20.4 Å². The van der Waals surface area contributed by atoms with Gasteiger partial charge in [-0.2, -0.15) is 8.42 Å². The second-order valence-electron chi connectivity index (χ2n) is 8.49. The molecule has 0 fully saturated rings. The number of aryl methyl sites for hydroxylation is 1. The first-order valence-electron chi connectivity index (χ1n) is 11.4. The van der Waals surface area contributed by atoms with Crippen LogP contribution >= 0.6 is 0 Å². The highest BCUT2D eigenvalue weighted by Crippen LogP contribution is 2.31. The van der Waals surface area contributed by atoms with E-state index < -0.39 is 31.1 Å². The second kappa shape index (κ2) is 10.6. The average Bonchev–Trinajstić information content (AvgIpc) is 2.89. The normalized spacial score (nSPS) is 15.2. The zero-order chi connectivity index (χ0) is 25.7. The van der Waals surface area contributed by atoms with Crippen molar-refractivity contribution in [3.63, 3.8) is 0 Å². The fourth-order valence-electron chi connectivity index (χ4n) is 3.75. The summed E-state index contributed by atoms with van der Waals surface area (Å²) >= 11 is 0. The maximum Gasteiger partial charge on any atom is 0.290 e. The Morgan fingerprint density at radius 1 is 0.722 bits per heavy atom. The Kier molecular flexibility index (Phi) is 7.54. The molecule has 0 radical (unpaired) electrons. The molecule has 0 saturated heterocycles. The zero-order valence-corrected chi connectivity index (χ0v) is 21.4. The predicted octanol–water partition coefficient (Wildman–Crippen LogP) is 5.81. The van der Waals surface area contributed by atoms with Crippen molar-refractivity contribution in [1.29, 1.82) is 0 Å². The summed E-state index contributed by atoms with van der Waals surface area (Å²) in [5.74, 6) is -0.456. The zero-order valence-electron chi connectivity index (χ0n) is 19.8. The monoisotopic (exact) mass is 517 g/mol. The second-order valence-corrected chi connectivity index (χ2v) is 12.6. The fourth-order valence-corrected chi connectivity index (χ4v) is 8.00. The van der Waals surface area contributed by atoms with E-state index in [-0.39, 0.29) is 9.79 Å². The molecule has 0 aliphatic carbocycles. The molecule has 184 valence electrons. The van der Waals surface area contributed by atoms with Gasteiger partial charge in [-0.15, -0.1) is 3.77 Å². The minimum absolute atomic E-state index is 0.0557. The van der Waals surface area contributed by atoms with E-state index in [0.717, 1.165) is 11.1 Å². The highest BCUT2D eigenvalue weighted by Gasteiger charge is 2.34. The molecule has 4 rings (SSSR count). The molecule has 0 amide bonds. The summed E-state index contributed by atoms with van der Waals surface area (Å²) < 4.78 is 45.1. The van der Waals surface area contributed by atoms with Crippen LogP contribution in [0.3, 0.4) is 0 Å². The van der Waals surface area contributed by atoms with Gasteiger partial charge in [0, 0.05) is 4.90 Å². The molecule has 0 aromatic heterocycles. The minimum atomic E-state index is -4.29. The summed E-state index contributed by atoms with van der Waals surface area (Å²) in [7, 11) is -7.95. The van der Waals surface area contributed by atoms with Crippen molar-refractivity contribution in [1.82, 2.24) is 0 Å². The van der Waals surface area contributed by atoms with Gasteiger partial charge in [0.15, 0.2) is 0 Å². The summed E-state index contributed by atoms with van der Waals surface area (Å²) in [6.07, 6.45) is 3.28. The van der Waals surface area contributed by atoms with Gasteiger partial charge in [0.25, 0.3) is 10.0 Å². The first-order valence-corrected chi connectivity index (χ1v) is 14.5. The molecule has 2 unspecified atom stereocenters. The first kappa shape index (κ1) is 25.6. The third-order valence-electron chi connectivity index (χ3n) is 5.69. The van der Waals surface area contributed by atoms with Crippen LogP contribution in [-0.4, -0.2) is 23.5 Å². The van der Waals surface area contributed by atoms with Gasteiger partial charge in [0.1, 0.15) is 5.60 Å². The van der Waals surface area contributed by atoms with Gasteiger partial charge in [0.2, 0.25) is 0 Å². The lowest BCUT2D eigenvalue weighted by molar-refractivity contribution is 0.116. The maximum atomic E-state index is 14.5. The summed E-state index contributed by atoms with van der Waals surface area (Å²) in [6.45, 7) is 1.85. The van der Waals surface area contributed by atoms with Crippen LogP contribution < -0.4 is 0 Å². The molecule has 0 heterocycles. The molecule has 0 aliphatic rings. The molecule has 4 aromatic rings. The molecule has 2 atom stereocenters. The topological polar surface area (TPSA) is 83.8 Å². The minimum Gasteiger partial charge on any atom is -0.380 e. The third-order valence-corrected chi connectivity index (χ3v) is 10.1. The SMILES string of the molecule is Cc1ccc(S(=O)(=O)N=S(=O)(CC(O)(/C=C/c2ccccc2)c2ccccc2)c2ccccc2)cc1. The lowest BCUT2D eigenvalue weighted by Crippen LogP contribution is -2.33. The van der Waals surface area contributed by atoms with Crippen molar-refractivity contribution in [2.75, 3.05) is 5.75 Å². The van der Waals surface area contributed by atoms with Crippen molar-refractivity contribution >= 4 is 25.8 Å². The average molecular weight is 518 g/mol. The Bertz CT molecular complexity index is 1560. The number of hydrogen-bond acceptors (Lipinski definition) is 4. The van der Waals surface area contributed by atoms with Crippen molar-refractivity contribution in [3.8, 4) is 0 Å². The number of sulfonamides is 1. The third kappa shape index (κ3) is 5.99. The Balaban J connectivity index is 1.89. The fraction of sp³-hybridized carbons (Fsp3) is 0.103. The van der Waals surface area contributed by atoms with E-state index in [1.807, 2.05) is 43.3 Å². The van der Waals surface area contributed by atoms with Crippen LogP contribution in [0.2, 0.25) is 0 Å². The Morgan fingerprint density at radius 3 is 1.83 bits per heavy atom. The molecular weight excluding hydrogens is 490 g/mol. The molecule has 1 N–H and O–H groups in total. The van der Waals surface area contributed by atoms with Crippen LogP contribution in [0.4, 0.5) is 0 Å². The van der Waals surface area contributed by atoms with E-state index >= 15 is 0 Å². The predicted molar refractivity (Wildman–Crippen MR) is 144 cm³/mol. The number of rotatable bonds is 8. The standard InChI is InChI=1S/C29H27NO4S2/c1-24-17-19-28(20-18-24)36(33,34)30-35(32,27-15-9-4-10-16-27)23-29(31,26-13-7-3-8-14-26)22-21-25-11-5-2-6-12-25/h2-22,31H,23H2,1H3/b22-21+.